The van der Waals surface area contributed by atoms with Gasteiger partial charge in [-0.2, -0.15) is 5.26 Å². The number of nitrogens with one attached hydrogen (secondary N) is 1. The molecule has 1 unspecified atom stereocenters. The molecule has 0 radical (unpaired) electrons. The zero-order valence-electron chi connectivity index (χ0n) is 20.7. The minimum Gasteiger partial charge on any atom is -0.384 e. The molecule has 39 heavy (non-hydrogen) atoms. The number of anilines is 2. The molecular formula is C25H21Cl2N7O2S3. The molecule has 2 aromatic heterocycles. The van der Waals surface area contributed by atoms with Gasteiger partial charge in [-0.1, -0.05) is 66.2 Å². The standard InChI is InChI=1S/C25H21Cl2N7O2S3/c1-25(2)8-16-20(17(35)9-25)19(12-3-4-14(26)15(27)7-12)13(10-28)21(29)34(16)23-32-33-24(39-23)38-11-18(36)31-22-30-5-6-37-22/h3-7,19H,8-9,11,29H2,1-2H3,(H,30,31,36). The number of nitriles is 1. The van der Waals surface area contributed by atoms with Crippen molar-refractivity contribution in [3.05, 3.63) is 68.0 Å². The van der Waals surface area contributed by atoms with E-state index in [9.17, 15) is 14.9 Å². The Morgan fingerprint density at radius 3 is 2.79 bits per heavy atom. The van der Waals surface area contributed by atoms with E-state index < -0.39 is 5.92 Å². The number of nitrogens with zero attached hydrogens (tertiary/aromatic N) is 5. The first-order chi connectivity index (χ1) is 18.6. The quantitative estimate of drug-likeness (QED) is 0.320. The topological polar surface area (TPSA) is 138 Å². The summed E-state index contributed by atoms with van der Waals surface area (Å²) in [6.45, 7) is 4.03. The van der Waals surface area contributed by atoms with Crippen molar-refractivity contribution in [3.8, 4) is 6.07 Å². The number of benzene rings is 1. The molecule has 1 amide bonds. The third-order valence-corrected chi connectivity index (χ3v) is 9.72. The molecule has 1 aromatic carbocycles. The summed E-state index contributed by atoms with van der Waals surface area (Å²) in [6.07, 6.45) is 2.47. The van der Waals surface area contributed by atoms with Gasteiger partial charge in [-0.05, 0) is 29.5 Å². The molecule has 1 aliphatic heterocycles. The first-order valence-corrected chi connectivity index (χ1v) is 15.1. The summed E-state index contributed by atoms with van der Waals surface area (Å²) in [7, 11) is 0. The van der Waals surface area contributed by atoms with E-state index in [2.05, 4.69) is 26.6 Å². The van der Waals surface area contributed by atoms with Crippen LogP contribution in [-0.4, -0.2) is 32.6 Å². The van der Waals surface area contributed by atoms with Crippen LogP contribution in [0.15, 0.2) is 56.8 Å². The van der Waals surface area contributed by atoms with Gasteiger partial charge < -0.3 is 11.1 Å². The maximum Gasteiger partial charge on any atom is 0.236 e. The number of carbonyl (C=O) groups is 2. The van der Waals surface area contributed by atoms with E-state index >= 15 is 0 Å². The number of thiazole rings is 1. The van der Waals surface area contributed by atoms with Crippen molar-refractivity contribution in [1.82, 2.24) is 15.2 Å². The molecule has 5 rings (SSSR count). The molecule has 0 bridgehead atoms. The molecule has 0 saturated carbocycles. The molecule has 1 atom stereocenters. The Bertz CT molecular complexity index is 1570. The van der Waals surface area contributed by atoms with Crippen molar-refractivity contribution < 1.29 is 9.59 Å². The van der Waals surface area contributed by atoms with Crippen molar-refractivity contribution >= 4 is 79.6 Å². The van der Waals surface area contributed by atoms with Crippen LogP contribution in [0.25, 0.3) is 0 Å². The lowest BCUT2D eigenvalue weighted by Crippen LogP contribution is -2.42. The fourth-order valence-corrected chi connectivity index (χ4v) is 7.20. The summed E-state index contributed by atoms with van der Waals surface area (Å²) in [5.41, 5.74) is 8.36. The highest BCUT2D eigenvalue weighted by Gasteiger charge is 2.45. The Balaban J connectivity index is 1.51. The summed E-state index contributed by atoms with van der Waals surface area (Å²) < 4.78 is 0.542. The molecule has 2 aliphatic rings. The van der Waals surface area contributed by atoms with E-state index in [0.29, 0.717) is 54.3 Å². The molecule has 0 fully saturated rings. The highest BCUT2D eigenvalue weighted by molar-refractivity contribution is 8.01. The predicted octanol–water partition coefficient (Wildman–Crippen LogP) is 5.97. The summed E-state index contributed by atoms with van der Waals surface area (Å²) in [5.74, 6) is -0.685. The number of rotatable bonds is 6. The van der Waals surface area contributed by atoms with E-state index in [1.165, 1.54) is 34.4 Å². The number of thioether (sulfide) groups is 1. The average Bonchev–Trinajstić information content (AvgIpc) is 3.55. The second-order valence-corrected chi connectivity index (χ2v) is 13.6. The van der Waals surface area contributed by atoms with Crippen LogP contribution < -0.4 is 16.0 Å². The van der Waals surface area contributed by atoms with Crippen LogP contribution in [0.3, 0.4) is 0 Å². The predicted molar refractivity (Wildman–Crippen MR) is 155 cm³/mol. The molecule has 9 nitrogen and oxygen atoms in total. The van der Waals surface area contributed by atoms with Gasteiger partial charge in [-0.3, -0.25) is 14.5 Å². The number of amides is 1. The van der Waals surface area contributed by atoms with Crippen LogP contribution in [-0.2, 0) is 9.59 Å². The van der Waals surface area contributed by atoms with Crippen molar-refractivity contribution in [2.75, 3.05) is 16.0 Å². The van der Waals surface area contributed by atoms with Crippen molar-refractivity contribution in [3.63, 3.8) is 0 Å². The Morgan fingerprint density at radius 2 is 2.10 bits per heavy atom. The fourth-order valence-electron chi connectivity index (χ4n) is 4.67. The van der Waals surface area contributed by atoms with Crippen LogP contribution in [0.5, 0.6) is 0 Å². The lowest BCUT2D eigenvalue weighted by molar-refractivity contribution is -0.118. The number of aromatic nitrogens is 3. The zero-order valence-corrected chi connectivity index (χ0v) is 24.7. The van der Waals surface area contributed by atoms with E-state index in [4.69, 9.17) is 28.9 Å². The van der Waals surface area contributed by atoms with Crippen molar-refractivity contribution in [1.29, 1.82) is 5.26 Å². The van der Waals surface area contributed by atoms with Crippen LogP contribution in [0.1, 0.15) is 38.2 Å². The number of allylic oxidation sites excluding steroid dienone is 3. The molecule has 3 heterocycles. The molecule has 0 saturated heterocycles. The Hall–Kier alpha value is -2.95. The summed E-state index contributed by atoms with van der Waals surface area (Å²) in [6, 6.07) is 7.29. The number of hydrogen-bond donors (Lipinski definition) is 2. The Labute approximate surface area is 246 Å². The van der Waals surface area contributed by atoms with Gasteiger partial charge in [-0.15, -0.1) is 21.5 Å². The second kappa shape index (κ2) is 10.9. The smallest absolute Gasteiger partial charge is 0.236 e. The maximum atomic E-state index is 13.6. The first-order valence-electron chi connectivity index (χ1n) is 11.6. The van der Waals surface area contributed by atoms with E-state index in [1.807, 2.05) is 13.8 Å². The Morgan fingerprint density at radius 1 is 1.31 bits per heavy atom. The van der Waals surface area contributed by atoms with Gasteiger partial charge in [0.2, 0.25) is 11.0 Å². The van der Waals surface area contributed by atoms with Gasteiger partial charge in [0, 0.05) is 29.3 Å². The van der Waals surface area contributed by atoms with Gasteiger partial charge >= 0.3 is 0 Å². The lowest BCUT2D eigenvalue weighted by atomic mass is 9.69. The summed E-state index contributed by atoms with van der Waals surface area (Å²) in [5, 5.41) is 24.9. The van der Waals surface area contributed by atoms with E-state index in [0.717, 1.165) is 0 Å². The monoisotopic (exact) mass is 617 g/mol. The third-order valence-electron chi connectivity index (χ3n) is 6.25. The average molecular weight is 619 g/mol. The first kappa shape index (κ1) is 27.6. The van der Waals surface area contributed by atoms with Gasteiger partial charge in [0.1, 0.15) is 5.82 Å². The van der Waals surface area contributed by atoms with Crippen LogP contribution in [0.2, 0.25) is 10.0 Å². The second-order valence-electron chi connectivity index (χ2n) is 9.68. The number of halogens is 2. The Kier molecular flexibility index (Phi) is 7.72. The SMILES string of the molecule is CC1(C)CC(=O)C2=C(C1)N(c1nnc(SCC(=O)Nc3nccs3)s1)C(N)=C(C#N)C2c1ccc(Cl)c(Cl)c1. The van der Waals surface area contributed by atoms with E-state index in [-0.39, 0.29) is 34.3 Å². The van der Waals surface area contributed by atoms with Crippen molar-refractivity contribution in [2.24, 2.45) is 11.1 Å². The molecule has 0 spiro atoms. The number of Topliss-reactive ketones (excluding diaryl/α,β-unsaturated/α-hetero) is 1. The number of ketones is 1. The zero-order chi connectivity index (χ0) is 27.9. The van der Waals surface area contributed by atoms with E-state index in [1.54, 1.807) is 34.7 Å². The minimum absolute atomic E-state index is 0.0689. The molecule has 14 heteroatoms. The molecule has 3 aromatic rings. The number of carbonyl (C=O) groups excluding carboxylic acids is 2. The summed E-state index contributed by atoms with van der Waals surface area (Å²) >= 11 is 16.2. The third kappa shape index (κ3) is 5.55. The number of hydrogen-bond acceptors (Lipinski definition) is 11. The molecule has 1 aliphatic carbocycles. The molecule has 3 N–H and O–H groups in total. The van der Waals surface area contributed by atoms with Crippen LogP contribution in [0.4, 0.5) is 10.3 Å². The molecular weight excluding hydrogens is 597 g/mol. The normalized spacial score (nSPS) is 18.7. The van der Waals surface area contributed by atoms with Crippen LogP contribution >= 0.6 is 57.6 Å². The van der Waals surface area contributed by atoms with Crippen LogP contribution in [0, 0.1) is 16.7 Å². The lowest BCUT2D eigenvalue weighted by Gasteiger charge is -2.42. The minimum atomic E-state index is -0.684. The van der Waals surface area contributed by atoms with Gasteiger partial charge in [-0.25, -0.2) is 4.98 Å². The van der Waals surface area contributed by atoms with Crippen molar-refractivity contribution in [2.45, 2.75) is 36.9 Å². The number of nitrogens with two attached hydrogens (primary N) is 1. The fraction of sp³-hybridized carbons (Fsp3) is 0.280. The highest BCUT2D eigenvalue weighted by atomic mass is 35.5. The largest absolute Gasteiger partial charge is 0.384 e. The summed E-state index contributed by atoms with van der Waals surface area (Å²) in [4.78, 5) is 31.6. The highest BCUT2D eigenvalue weighted by Crippen LogP contribution is 2.51. The maximum absolute atomic E-state index is 13.6. The van der Waals surface area contributed by atoms with Gasteiger partial charge in [0.25, 0.3) is 0 Å². The molecule has 200 valence electrons. The van der Waals surface area contributed by atoms with Gasteiger partial charge in [0.05, 0.1) is 33.4 Å². The van der Waals surface area contributed by atoms with Gasteiger partial charge in [0.15, 0.2) is 15.3 Å².